The molecule has 1 amide bonds. The van der Waals surface area contributed by atoms with Gasteiger partial charge in [-0.1, -0.05) is 48.5 Å². The number of ketones is 1. The first-order chi connectivity index (χ1) is 14.0. The van der Waals surface area contributed by atoms with Gasteiger partial charge in [0.2, 0.25) is 0 Å². The number of rotatable bonds is 5. The number of hydrogen-bond acceptors (Lipinski definition) is 4. The van der Waals surface area contributed by atoms with Gasteiger partial charge in [0.25, 0.3) is 11.7 Å². The van der Waals surface area contributed by atoms with Crippen LogP contribution >= 0.6 is 0 Å². The molecule has 1 atom stereocenters. The number of H-pyrrole nitrogens is 1. The van der Waals surface area contributed by atoms with Crippen LogP contribution in [0.2, 0.25) is 0 Å². The molecule has 2 N–H and O–H groups in total. The molecule has 1 aromatic heterocycles. The fourth-order valence-corrected chi connectivity index (χ4v) is 3.81. The van der Waals surface area contributed by atoms with E-state index in [-0.39, 0.29) is 11.3 Å². The normalized spacial score (nSPS) is 18.9. The monoisotopic (exact) mass is 389 g/mol. The van der Waals surface area contributed by atoms with Gasteiger partial charge in [-0.05, 0) is 20.2 Å². The summed E-state index contributed by atoms with van der Waals surface area (Å²) < 4.78 is 0. The molecule has 1 fully saturated rings. The number of aromatic amines is 1. The highest BCUT2D eigenvalue weighted by atomic mass is 16.3. The lowest BCUT2D eigenvalue weighted by atomic mass is 9.95. The van der Waals surface area contributed by atoms with Crippen LogP contribution in [0.25, 0.3) is 16.7 Å². The van der Waals surface area contributed by atoms with Crippen molar-refractivity contribution in [3.05, 3.63) is 77.5 Å². The van der Waals surface area contributed by atoms with Gasteiger partial charge in [-0.25, -0.2) is 0 Å². The Morgan fingerprint density at radius 2 is 1.76 bits per heavy atom. The van der Waals surface area contributed by atoms with Gasteiger partial charge in [0.05, 0.1) is 11.6 Å². The van der Waals surface area contributed by atoms with Crippen LogP contribution in [0.1, 0.15) is 17.2 Å². The number of fused-ring (bicyclic) bond motifs is 1. The number of aromatic nitrogens is 1. The van der Waals surface area contributed by atoms with Gasteiger partial charge in [-0.15, -0.1) is 0 Å². The van der Waals surface area contributed by atoms with E-state index < -0.39 is 17.7 Å². The summed E-state index contributed by atoms with van der Waals surface area (Å²) in [5.74, 6) is -1.38. The van der Waals surface area contributed by atoms with Crippen molar-refractivity contribution >= 4 is 28.4 Å². The molecule has 1 unspecified atom stereocenters. The molecule has 1 saturated heterocycles. The average molecular weight is 389 g/mol. The number of likely N-dealkylation sites (tertiary alicyclic amines) is 1. The number of carbonyl (C=O) groups is 2. The van der Waals surface area contributed by atoms with Gasteiger partial charge < -0.3 is 19.9 Å². The summed E-state index contributed by atoms with van der Waals surface area (Å²) in [7, 11) is 3.84. The third kappa shape index (κ3) is 3.32. The molecule has 3 aromatic rings. The quantitative estimate of drug-likeness (QED) is 0.399. The highest BCUT2D eigenvalue weighted by Crippen LogP contribution is 2.41. The van der Waals surface area contributed by atoms with E-state index in [1.807, 2.05) is 55.5 Å². The summed E-state index contributed by atoms with van der Waals surface area (Å²) in [5, 5.41) is 11.9. The van der Waals surface area contributed by atoms with Crippen LogP contribution in [0, 0.1) is 0 Å². The van der Waals surface area contributed by atoms with Crippen LogP contribution in [0.3, 0.4) is 0 Å². The van der Waals surface area contributed by atoms with Gasteiger partial charge in [-0.2, -0.15) is 0 Å². The van der Waals surface area contributed by atoms with Gasteiger partial charge in [0.15, 0.2) is 0 Å². The number of para-hydroxylation sites is 1. The number of benzene rings is 2. The number of nitrogens with zero attached hydrogens (tertiary/aromatic N) is 2. The molecule has 148 valence electrons. The molecule has 1 aliphatic rings. The highest BCUT2D eigenvalue weighted by Gasteiger charge is 2.46. The number of hydrogen-bond donors (Lipinski definition) is 2. The van der Waals surface area contributed by atoms with Crippen LogP contribution in [0.4, 0.5) is 0 Å². The minimum absolute atomic E-state index is 0.129. The molecule has 4 rings (SSSR count). The summed E-state index contributed by atoms with van der Waals surface area (Å²) in [6.45, 7) is 0.991. The van der Waals surface area contributed by atoms with Crippen LogP contribution < -0.4 is 0 Å². The Morgan fingerprint density at radius 3 is 2.48 bits per heavy atom. The second-order valence-electron chi connectivity index (χ2n) is 7.45. The molecule has 0 bridgehead atoms. The number of aliphatic hydroxyl groups is 1. The molecular weight excluding hydrogens is 366 g/mol. The minimum Gasteiger partial charge on any atom is -0.507 e. The van der Waals surface area contributed by atoms with Gasteiger partial charge >= 0.3 is 0 Å². The third-order valence-corrected chi connectivity index (χ3v) is 5.29. The van der Waals surface area contributed by atoms with Crippen LogP contribution in [0.5, 0.6) is 0 Å². The van der Waals surface area contributed by atoms with Crippen LogP contribution in [0.15, 0.2) is 66.4 Å². The van der Waals surface area contributed by atoms with E-state index >= 15 is 0 Å². The summed E-state index contributed by atoms with van der Waals surface area (Å²) in [4.78, 5) is 32.6. The van der Waals surface area contributed by atoms with E-state index in [2.05, 4.69) is 4.98 Å². The predicted molar refractivity (Wildman–Crippen MR) is 112 cm³/mol. The van der Waals surface area contributed by atoms with Crippen LogP contribution in [-0.2, 0) is 9.59 Å². The molecule has 0 spiro atoms. The number of aliphatic hydroxyl groups excluding tert-OH is 1. The molecule has 2 heterocycles. The first-order valence-corrected chi connectivity index (χ1v) is 9.53. The SMILES string of the molecule is CN(C)CCN1C(=O)C(=O)/C(=C(/O)c2ccccc2)C1c1c[nH]c2ccccc12. The maximum atomic E-state index is 13.0. The predicted octanol–water partition coefficient (Wildman–Crippen LogP) is 3.15. The molecule has 0 radical (unpaired) electrons. The molecule has 0 aliphatic carbocycles. The molecule has 0 saturated carbocycles. The number of likely N-dealkylation sites (N-methyl/N-ethyl adjacent to an activating group) is 1. The van der Waals surface area contributed by atoms with Crippen molar-refractivity contribution in [2.24, 2.45) is 0 Å². The summed E-state index contributed by atoms with van der Waals surface area (Å²) in [6, 6.07) is 16.0. The van der Waals surface area contributed by atoms with Crippen molar-refractivity contribution in [2.75, 3.05) is 27.2 Å². The molecule has 2 aromatic carbocycles. The van der Waals surface area contributed by atoms with Gasteiger partial charge in [0.1, 0.15) is 5.76 Å². The highest BCUT2D eigenvalue weighted by molar-refractivity contribution is 6.46. The molecule has 6 nitrogen and oxygen atoms in total. The summed E-state index contributed by atoms with van der Waals surface area (Å²) in [6.07, 6.45) is 1.82. The third-order valence-electron chi connectivity index (χ3n) is 5.29. The van der Waals surface area contributed by atoms with Crippen molar-refractivity contribution < 1.29 is 14.7 Å². The Balaban J connectivity index is 1.91. The second kappa shape index (κ2) is 7.56. The van der Waals surface area contributed by atoms with Crippen molar-refractivity contribution in [2.45, 2.75) is 6.04 Å². The van der Waals surface area contributed by atoms with Gasteiger partial charge in [0, 0.05) is 41.3 Å². The average Bonchev–Trinajstić information content (AvgIpc) is 3.26. The number of Topliss-reactive ketones (excluding diaryl/α,β-unsaturated/α-hetero) is 1. The zero-order chi connectivity index (χ0) is 20.5. The first-order valence-electron chi connectivity index (χ1n) is 9.53. The fraction of sp³-hybridized carbons (Fsp3) is 0.217. The van der Waals surface area contributed by atoms with Gasteiger partial charge in [-0.3, -0.25) is 9.59 Å². The van der Waals surface area contributed by atoms with E-state index in [9.17, 15) is 14.7 Å². The maximum Gasteiger partial charge on any atom is 0.295 e. The molecular formula is C23H23N3O3. The molecule has 6 heteroatoms. The molecule has 29 heavy (non-hydrogen) atoms. The Morgan fingerprint density at radius 1 is 1.07 bits per heavy atom. The first kappa shape index (κ1) is 19.0. The second-order valence-corrected chi connectivity index (χ2v) is 7.45. The Kier molecular flexibility index (Phi) is 4.94. The van der Waals surface area contributed by atoms with Crippen molar-refractivity contribution in [1.29, 1.82) is 0 Å². The Hall–Kier alpha value is -3.38. The largest absolute Gasteiger partial charge is 0.507 e. The van der Waals surface area contributed by atoms with Crippen molar-refractivity contribution in [3.63, 3.8) is 0 Å². The standard InChI is InChI=1S/C23H23N3O3/c1-25(2)12-13-26-20(17-14-24-18-11-7-6-10-16(17)18)19(22(28)23(26)29)21(27)15-8-4-3-5-9-15/h3-11,14,20,24,27H,12-13H2,1-2H3/b21-19+. The topological polar surface area (TPSA) is 76.6 Å². The zero-order valence-corrected chi connectivity index (χ0v) is 16.4. The zero-order valence-electron chi connectivity index (χ0n) is 16.4. The van der Waals surface area contributed by atoms with E-state index in [4.69, 9.17) is 0 Å². The lowest BCUT2D eigenvalue weighted by molar-refractivity contribution is -0.140. The van der Waals surface area contributed by atoms with Crippen LogP contribution in [-0.4, -0.2) is 58.8 Å². The lowest BCUT2D eigenvalue weighted by Crippen LogP contribution is -2.35. The fourth-order valence-electron chi connectivity index (χ4n) is 3.81. The number of amides is 1. The van der Waals surface area contributed by atoms with Crippen molar-refractivity contribution in [1.82, 2.24) is 14.8 Å². The minimum atomic E-state index is -0.652. The molecule has 1 aliphatic heterocycles. The lowest BCUT2D eigenvalue weighted by Gasteiger charge is -2.26. The Bertz CT molecular complexity index is 1100. The Labute approximate surface area is 169 Å². The maximum absolute atomic E-state index is 13.0. The number of carbonyl (C=O) groups excluding carboxylic acids is 2. The van der Waals surface area contributed by atoms with E-state index in [1.165, 1.54) is 0 Å². The summed E-state index contributed by atoms with van der Waals surface area (Å²) in [5.41, 5.74) is 2.36. The van der Waals surface area contributed by atoms with E-state index in [0.717, 1.165) is 16.5 Å². The summed E-state index contributed by atoms with van der Waals surface area (Å²) >= 11 is 0. The van der Waals surface area contributed by atoms with Crippen molar-refractivity contribution in [3.8, 4) is 0 Å². The van der Waals surface area contributed by atoms with E-state index in [0.29, 0.717) is 18.7 Å². The number of nitrogens with one attached hydrogen (secondary N) is 1. The smallest absolute Gasteiger partial charge is 0.295 e. The van der Waals surface area contributed by atoms with E-state index in [1.54, 1.807) is 29.2 Å².